The van der Waals surface area contributed by atoms with E-state index in [1.807, 2.05) is 72.8 Å². The Kier molecular flexibility index (Phi) is 6.45. The highest BCUT2D eigenvalue weighted by Crippen LogP contribution is 2.29. The van der Waals surface area contributed by atoms with Gasteiger partial charge in [0, 0.05) is 22.3 Å². The van der Waals surface area contributed by atoms with Crippen LogP contribution < -0.4 is 0 Å². The zero-order valence-corrected chi connectivity index (χ0v) is 19.3. The van der Waals surface area contributed by atoms with Crippen molar-refractivity contribution >= 4 is 9.84 Å². The molecular weight excluding hydrogens is 424 g/mol. The lowest BCUT2D eigenvalue weighted by Gasteiger charge is -2.12. The Balaban J connectivity index is 1.74. The zero-order chi connectivity index (χ0) is 23.3. The molecular formula is C30H22O2S. The van der Waals surface area contributed by atoms with Gasteiger partial charge in [0.25, 0.3) is 0 Å². The van der Waals surface area contributed by atoms with E-state index in [-0.39, 0.29) is 9.79 Å². The highest BCUT2D eigenvalue weighted by atomic mass is 32.2. The van der Waals surface area contributed by atoms with Crippen LogP contribution in [0.3, 0.4) is 0 Å². The lowest BCUT2D eigenvalue weighted by molar-refractivity contribution is 0.595. The van der Waals surface area contributed by atoms with Crippen LogP contribution in [0.4, 0.5) is 0 Å². The van der Waals surface area contributed by atoms with Gasteiger partial charge in [-0.25, -0.2) is 8.42 Å². The minimum Gasteiger partial charge on any atom is -0.218 e. The molecule has 0 amide bonds. The molecule has 0 N–H and O–H groups in total. The monoisotopic (exact) mass is 446 g/mol. The number of rotatable bonds is 2. The molecule has 33 heavy (non-hydrogen) atoms. The maximum Gasteiger partial charge on any atom is 0.207 e. The second kappa shape index (κ2) is 9.61. The van der Waals surface area contributed by atoms with Crippen molar-refractivity contribution in [1.82, 2.24) is 0 Å². The van der Waals surface area contributed by atoms with Gasteiger partial charge >= 0.3 is 0 Å². The standard InChI is InChI=1S/C30H22O2S/c1-23-27(21-19-25-11-5-3-6-12-25)15-9-17-29(23)33(31,32)30-18-10-16-28(24(30)2)22-20-26-13-7-4-8-14-26/h3-18H,1-2H3. The van der Waals surface area contributed by atoms with Crippen molar-refractivity contribution in [2.75, 3.05) is 0 Å². The molecule has 0 atom stereocenters. The number of hydrogen-bond donors (Lipinski definition) is 0. The van der Waals surface area contributed by atoms with Gasteiger partial charge in [0.15, 0.2) is 0 Å². The summed E-state index contributed by atoms with van der Waals surface area (Å²) >= 11 is 0. The van der Waals surface area contributed by atoms with Crippen LogP contribution in [-0.2, 0) is 9.84 Å². The second-order valence-electron chi connectivity index (χ2n) is 7.59. The quantitative estimate of drug-likeness (QED) is 0.357. The fourth-order valence-corrected chi connectivity index (χ4v) is 5.30. The molecule has 0 fully saturated rings. The summed E-state index contributed by atoms with van der Waals surface area (Å²) in [4.78, 5) is 0.525. The third-order valence-corrected chi connectivity index (χ3v) is 7.42. The van der Waals surface area contributed by atoms with Gasteiger partial charge < -0.3 is 0 Å². The molecule has 0 aliphatic rings. The lowest BCUT2D eigenvalue weighted by Crippen LogP contribution is -2.08. The van der Waals surface area contributed by atoms with E-state index in [2.05, 4.69) is 23.7 Å². The Morgan fingerprint density at radius 2 is 0.879 bits per heavy atom. The molecule has 0 heterocycles. The first kappa shape index (κ1) is 22.2. The van der Waals surface area contributed by atoms with Gasteiger partial charge in [-0.15, -0.1) is 0 Å². The van der Waals surface area contributed by atoms with Crippen LogP contribution in [-0.4, -0.2) is 8.42 Å². The molecule has 0 aliphatic heterocycles. The summed E-state index contributed by atoms with van der Waals surface area (Å²) in [6, 6.07) is 29.7. The van der Waals surface area contributed by atoms with Crippen molar-refractivity contribution in [1.29, 1.82) is 0 Å². The fourth-order valence-electron chi connectivity index (χ4n) is 3.52. The first-order valence-electron chi connectivity index (χ1n) is 10.6. The molecule has 2 nitrogen and oxygen atoms in total. The smallest absolute Gasteiger partial charge is 0.207 e. The molecule has 3 heteroatoms. The van der Waals surface area contributed by atoms with E-state index in [1.54, 1.807) is 38.1 Å². The summed E-state index contributed by atoms with van der Waals surface area (Å²) in [5, 5.41) is 0. The minimum atomic E-state index is -3.75. The third kappa shape index (κ3) is 4.90. The van der Waals surface area contributed by atoms with Crippen LogP contribution >= 0.6 is 0 Å². The van der Waals surface area contributed by atoms with E-state index in [1.165, 1.54) is 0 Å². The topological polar surface area (TPSA) is 34.1 Å². The average Bonchev–Trinajstić information content (AvgIpc) is 2.84. The predicted molar refractivity (Wildman–Crippen MR) is 133 cm³/mol. The fraction of sp³-hybridized carbons (Fsp3) is 0.0667. The number of sulfone groups is 1. The summed E-state index contributed by atoms with van der Waals surface area (Å²) in [6.07, 6.45) is 0. The van der Waals surface area contributed by atoms with Crippen molar-refractivity contribution in [3.05, 3.63) is 130 Å². The molecule has 4 aromatic carbocycles. The molecule has 0 aromatic heterocycles. The van der Waals surface area contributed by atoms with Crippen molar-refractivity contribution in [3.63, 3.8) is 0 Å². The average molecular weight is 447 g/mol. The summed E-state index contributed by atoms with van der Waals surface area (Å²) in [5.41, 5.74) is 4.42. The zero-order valence-electron chi connectivity index (χ0n) is 18.5. The van der Waals surface area contributed by atoms with Crippen LogP contribution in [0, 0.1) is 37.5 Å². The van der Waals surface area contributed by atoms with Crippen LogP contribution in [0.2, 0.25) is 0 Å². The molecule has 4 aromatic rings. The van der Waals surface area contributed by atoms with E-state index >= 15 is 0 Å². The Morgan fingerprint density at radius 1 is 0.485 bits per heavy atom. The molecule has 4 rings (SSSR count). The van der Waals surface area contributed by atoms with E-state index in [4.69, 9.17) is 0 Å². The van der Waals surface area contributed by atoms with Crippen molar-refractivity contribution in [3.8, 4) is 23.7 Å². The van der Waals surface area contributed by atoms with Gasteiger partial charge in [-0.2, -0.15) is 0 Å². The van der Waals surface area contributed by atoms with Crippen molar-refractivity contribution in [2.45, 2.75) is 23.6 Å². The highest BCUT2D eigenvalue weighted by Gasteiger charge is 2.23. The molecule has 0 saturated carbocycles. The Hall–Kier alpha value is -4.05. The van der Waals surface area contributed by atoms with Gasteiger partial charge in [0.05, 0.1) is 9.79 Å². The largest absolute Gasteiger partial charge is 0.218 e. The van der Waals surface area contributed by atoms with Gasteiger partial charge in [0.2, 0.25) is 9.84 Å². The van der Waals surface area contributed by atoms with Crippen molar-refractivity contribution in [2.24, 2.45) is 0 Å². The van der Waals surface area contributed by atoms with E-state index < -0.39 is 9.84 Å². The normalized spacial score (nSPS) is 10.5. The first-order chi connectivity index (χ1) is 16.0. The van der Waals surface area contributed by atoms with E-state index in [9.17, 15) is 8.42 Å². The number of benzene rings is 4. The van der Waals surface area contributed by atoms with Crippen molar-refractivity contribution < 1.29 is 8.42 Å². The van der Waals surface area contributed by atoms with E-state index in [0.717, 1.165) is 11.1 Å². The maximum atomic E-state index is 13.6. The van der Waals surface area contributed by atoms with Crippen LogP contribution in [0.5, 0.6) is 0 Å². The van der Waals surface area contributed by atoms with Gasteiger partial charge in [-0.05, 0) is 73.5 Å². The molecule has 0 saturated heterocycles. The first-order valence-corrected chi connectivity index (χ1v) is 12.0. The lowest BCUT2D eigenvalue weighted by atomic mass is 10.1. The highest BCUT2D eigenvalue weighted by molar-refractivity contribution is 7.91. The summed E-state index contributed by atoms with van der Waals surface area (Å²) in [6.45, 7) is 3.60. The molecule has 0 radical (unpaired) electrons. The SMILES string of the molecule is Cc1c(C#Cc2ccccc2)cccc1S(=O)(=O)c1cccc(C#Cc2ccccc2)c1C. The Morgan fingerprint density at radius 3 is 1.27 bits per heavy atom. The molecule has 0 aliphatic carbocycles. The van der Waals surface area contributed by atoms with Crippen LogP contribution in [0.25, 0.3) is 0 Å². The summed E-state index contributed by atoms with van der Waals surface area (Å²) < 4.78 is 27.3. The summed E-state index contributed by atoms with van der Waals surface area (Å²) in [5.74, 6) is 12.5. The maximum absolute atomic E-state index is 13.6. The predicted octanol–water partition coefficient (Wildman–Crippen LogP) is 5.94. The molecule has 0 bridgehead atoms. The van der Waals surface area contributed by atoms with E-state index in [0.29, 0.717) is 22.3 Å². The Bertz CT molecular complexity index is 1410. The molecule has 0 spiro atoms. The molecule has 0 unspecified atom stereocenters. The van der Waals surface area contributed by atoms with Gasteiger partial charge in [0.1, 0.15) is 0 Å². The van der Waals surface area contributed by atoms with Gasteiger partial charge in [-0.1, -0.05) is 72.2 Å². The van der Waals surface area contributed by atoms with Crippen LogP contribution in [0.15, 0.2) is 107 Å². The second-order valence-corrected chi connectivity index (χ2v) is 9.48. The summed E-state index contributed by atoms with van der Waals surface area (Å²) in [7, 11) is -3.75. The Labute approximate surface area is 195 Å². The van der Waals surface area contributed by atoms with Crippen LogP contribution in [0.1, 0.15) is 33.4 Å². The molecule has 160 valence electrons. The third-order valence-electron chi connectivity index (χ3n) is 5.38. The minimum absolute atomic E-state index is 0.263. The number of hydrogen-bond acceptors (Lipinski definition) is 2. The van der Waals surface area contributed by atoms with Gasteiger partial charge in [-0.3, -0.25) is 0 Å².